The number of carboxylic acids is 1. The third-order valence-corrected chi connectivity index (χ3v) is 2.72. The number of nitrogens with one attached hydrogen (secondary N) is 2. The van der Waals surface area contributed by atoms with Crippen LogP contribution in [0.25, 0.3) is 0 Å². The van der Waals surface area contributed by atoms with Gasteiger partial charge in [-0.25, -0.2) is 4.79 Å². The van der Waals surface area contributed by atoms with Gasteiger partial charge in [0.1, 0.15) is 6.04 Å². The topological polar surface area (TPSA) is 142 Å². The zero-order valence-electron chi connectivity index (χ0n) is 9.76. The fourth-order valence-corrected chi connectivity index (χ4v) is 1.73. The first-order valence-corrected chi connectivity index (χ1v) is 5.63. The summed E-state index contributed by atoms with van der Waals surface area (Å²) in [4.78, 5) is 33.2. The molecule has 1 fully saturated rings. The van der Waals surface area contributed by atoms with Crippen LogP contribution in [0.2, 0.25) is 0 Å². The van der Waals surface area contributed by atoms with Gasteiger partial charge in [0, 0.05) is 13.0 Å². The van der Waals surface area contributed by atoms with Crippen LogP contribution in [0.3, 0.4) is 0 Å². The fourth-order valence-electron chi connectivity index (χ4n) is 1.73. The monoisotopic (exact) mass is 259 g/mol. The van der Waals surface area contributed by atoms with Gasteiger partial charge in [-0.3, -0.25) is 9.59 Å². The second kappa shape index (κ2) is 6.31. The number of aliphatic hydroxyl groups is 1. The van der Waals surface area contributed by atoms with Crippen LogP contribution in [-0.4, -0.2) is 52.7 Å². The summed E-state index contributed by atoms with van der Waals surface area (Å²) in [6.45, 7) is 0.303. The second-order valence-corrected chi connectivity index (χ2v) is 4.25. The zero-order valence-corrected chi connectivity index (χ0v) is 9.76. The Balaban J connectivity index is 2.47. The minimum absolute atomic E-state index is 0.0499. The number of amides is 2. The molecule has 3 atom stereocenters. The summed E-state index contributed by atoms with van der Waals surface area (Å²) in [7, 11) is 0. The normalized spacial score (nSPS) is 24.5. The Labute approximate surface area is 104 Å². The molecule has 1 aliphatic rings. The maximum absolute atomic E-state index is 11.7. The van der Waals surface area contributed by atoms with Crippen molar-refractivity contribution in [2.45, 2.75) is 37.5 Å². The molecule has 1 aliphatic heterocycles. The van der Waals surface area contributed by atoms with Crippen LogP contribution in [0.5, 0.6) is 0 Å². The molecule has 0 radical (unpaired) electrons. The van der Waals surface area contributed by atoms with E-state index < -0.39 is 36.0 Å². The van der Waals surface area contributed by atoms with Gasteiger partial charge in [0.05, 0.1) is 12.1 Å². The number of β-amino-alcohol motifs (C(OH)–C–C–N with tert-alkyl or cyclic N) is 1. The number of carbonyl (C=O) groups excluding carboxylic acids is 2. The van der Waals surface area contributed by atoms with Gasteiger partial charge in [0.2, 0.25) is 11.8 Å². The SMILES string of the molecule is NC(=O)CC[C@@H](NC(=O)C1CC(O)CN1)C(=O)O. The van der Waals surface area contributed by atoms with Gasteiger partial charge < -0.3 is 26.6 Å². The molecule has 8 heteroatoms. The van der Waals surface area contributed by atoms with E-state index in [1.807, 2.05) is 0 Å². The number of carbonyl (C=O) groups is 3. The molecule has 0 aromatic heterocycles. The highest BCUT2D eigenvalue weighted by Crippen LogP contribution is 2.07. The van der Waals surface area contributed by atoms with E-state index in [2.05, 4.69) is 10.6 Å². The molecular weight excluding hydrogens is 242 g/mol. The molecule has 8 nitrogen and oxygen atoms in total. The van der Waals surface area contributed by atoms with Crippen LogP contribution in [0.4, 0.5) is 0 Å². The predicted molar refractivity (Wildman–Crippen MR) is 60.4 cm³/mol. The molecule has 1 heterocycles. The van der Waals surface area contributed by atoms with Gasteiger partial charge in [-0.05, 0) is 12.8 Å². The van der Waals surface area contributed by atoms with Gasteiger partial charge in [-0.2, -0.15) is 0 Å². The standard InChI is InChI=1S/C10H17N3O5/c11-8(15)2-1-6(10(17)18)13-9(16)7-3-5(14)4-12-7/h5-7,12,14H,1-4H2,(H2,11,15)(H,13,16)(H,17,18)/t5?,6-,7?/m1/s1. The molecule has 2 amide bonds. The molecule has 0 saturated carbocycles. The van der Waals surface area contributed by atoms with Gasteiger partial charge in [0.15, 0.2) is 0 Å². The molecule has 6 N–H and O–H groups in total. The molecule has 0 bridgehead atoms. The molecule has 102 valence electrons. The van der Waals surface area contributed by atoms with Crippen molar-refractivity contribution in [2.24, 2.45) is 5.73 Å². The number of aliphatic hydroxyl groups excluding tert-OH is 1. The summed E-state index contributed by atoms with van der Waals surface area (Å²) >= 11 is 0. The van der Waals surface area contributed by atoms with Crippen molar-refractivity contribution in [1.29, 1.82) is 0 Å². The molecule has 1 saturated heterocycles. The first kappa shape index (κ1) is 14.4. The van der Waals surface area contributed by atoms with E-state index in [4.69, 9.17) is 10.8 Å². The number of rotatable bonds is 6. The number of primary amides is 1. The lowest BCUT2D eigenvalue weighted by Crippen LogP contribution is -2.48. The van der Waals surface area contributed by atoms with Crippen molar-refractivity contribution in [3.63, 3.8) is 0 Å². The Morgan fingerprint density at radius 2 is 2.11 bits per heavy atom. The van der Waals surface area contributed by atoms with Crippen molar-refractivity contribution in [1.82, 2.24) is 10.6 Å². The van der Waals surface area contributed by atoms with Crippen LogP contribution >= 0.6 is 0 Å². The van der Waals surface area contributed by atoms with Gasteiger partial charge in [-0.15, -0.1) is 0 Å². The highest BCUT2D eigenvalue weighted by atomic mass is 16.4. The second-order valence-electron chi connectivity index (χ2n) is 4.25. The first-order chi connectivity index (χ1) is 8.40. The molecule has 2 unspecified atom stereocenters. The summed E-state index contributed by atoms with van der Waals surface area (Å²) in [5.74, 6) is -2.34. The fraction of sp³-hybridized carbons (Fsp3) is 0.700. The van der Waals surface area contributed by atoms with Crippen LogP contribution in [0.15, 0.2) is 0 Å². The maximum Gasteiger partial charge on any atom is 0.326 e. The van der Waals surface area contributed by atoms with Crippen molar-refractivity contribution in [2.75, 3.05) is 6.54 Å². The van der Waals surface area contributed by atoms with E-state index in [0.29, 0.717) is 6.54 Å². The predicted octanol–water partition coefficient (Wildman–Crippen LogP) is -2.46. The van der Waals surface area contributed by atoms with Crippen molar-refractivity contribution >= 4 is 17.8 Å². The Kier molecular flexibility index (Phi) is 5.05. The van der Waals surface area contributed by atoms with E-state index in [1.54, 1.807) is 0 Å². The highest BCUT2D eigenvalue weighted by molar-refractivity contribution is 5.87. The molecule has 0 spiro atoms. The number of hydrogen-bond acceptors (Lipinski definition) is 5. The number of carboxylic acid groups (broad SMARTS) is 1. The van der Waals surface area contributed by atoms with Crippen LogP contribution in [0.1, 0.15) is 19.3 Å². The zero-order chi connectivity index (χ0) is 13.7. The smallest absolute Gasteiger partial charge is 0.326 e. The van der Waals surface area contributed by atoms with E-state index in [-0.39, 0.29) is 19.3 Å². The van der Waals surface area contributed by atoms with Gasteiger partial charge >= 0.3 is 5.97 Å². The average Bonchev–Trinajstić information content (AvgIpc) is 2.70. The minimum atomic E-state index is -1.22. The van der Waals surface area contributed by atoms with Crippen molar-refractivity contribution < 1.29 is 24.6 Å². The summed E-state index contributed by atoms with van der Waals surface area (Å²) < 4.78 is 0. The third kappa shape index (κ3) is 4.30. The Morgan fingerprint density at radius 3 is 2.56 bits per heavy atom. The van der Waals surface area contributed by atoms with Crippen molar-refractivity contribution in [3.05, 3.63) is 0 Å². The largest absolute Gasteiger partial charge is 0.480 e. The van der Waals surface area contributed by atoms with E-state index >= 15 is 0 Å². The lowest BCUT2D eigenvalue weighted by Gasteiger charge is -2.16. The van der Waals surface area contributed by atoms with Gasteiger partial charge in [0.25, 0.3) is 0 Å². The van der Waals surface area contributed by atoms with Crippen molar-refractivity contribution in [3.8, 4) is 0 Å². The van der Waals surface area contributed by atoms with E-state index in [9.17, 15) is 19.5 Å². The number of aliphatic carboxylic acids is 1. The lowest BCUT2D eigenvalue weighted by molar-refractivity contribution is -0.142. The Bertz CT molecular complexity index is 346. The number of hydrogen-bond donors (Lipinski definition) is 5. The quantitative estimate of drug-likeness (QED) is 0.358. The lowest BCUT2D eigenvalue weighted by atomic mass is 10.1. The maximum atomic E-state index is 11.7. The van der Waals surface area contributed by atoms with E-state index in [0.717, 1.165) is 0 Å². The Morgan fingerprint density at radius 1 is 1.44 bits per heavy atom. The molecule has 1 rings (SSSR count). The van der Waals surface area contributed by atoms with Crippen LogP contribution in [0, 0.1) is 0 Å². The summed E-state index contributed by atoms with van der Waals surface area (Å²) in [5.41, 5.74) is 4.92. The van der Waals surface area contributed by atoms with E-state index in [1.165, 1.54) is 0 Å². The van der Waals surface area contributed by atoms with Crippen LogP contribution < -0.4 is 16.4 Å². The summed E-state index contributed by atoms with van der Waals surface area (Å²) in [5, 5.41) is 23.2. The molecule has 0 aromatic carbocycles. The van der Waals surface area contributed by atoms with Crippen LogP contribution in [-0.2, 0) is 14.4 Å². The number of nitrogens with two attached hydrogens (primary N) is 1. The molecule has 18 heavy (non-hydrogen) atoms. The average molecular weight is 259 g/mol. The molecule has 0 aliphatic carbocycles. The molecule has 0 aromatic rings. The summed E-state index contributed by atoms with van der Waals surface area (Å²) in [6.07, 6.45) is -0.521. The van der Waals surface area contributed by atoms with Gasteiger partial charge in [-0.1, -0.05) is 0 Å². The first-order valence-electron chi connectivity index (χ1n) is 5.63. The minimum Gasteiger partial charge on any atom is -0.480 e. The highest BCUT2D eigenvalue weighted by Gasteiger charge is 2.30. The molecular formula is C10H17N3O5. The Hall–Kier alpha value is -1.67. The third-order valence-electron chi connectivity index (χ3n) is 2.72. The summed E-state index contributed by atoms with van der Waals surface area (Å²) in [6, 6.07) is -1.75.